The zero-order valence-corrected chi connectivity index (χ0v) is 10.1. The normalized spacial score (nSPS) is 10.2. The number of halogens is 2. The Balaban J connectivity index is 2.92. The van der Waals surface area contributed by atoms with Crippen molar-refractivity contribution >= 4 is 35.0 Å². The van der Waals surface area contributed by atoms with Crippen LogP contribution in [0.15, 0.2) is 18.2 Å². The third-order valence-corrected chi connectivity index (χ3v) is 2.69. The molecule has 4 nitrogen and oxygen atoms in total. The lowest BCUT2D eigenvalue weighted by molar-refractivity contribution is -0.246. The largest absolute Gasteiger partial charge is 0.530 e. The summed E-state index contributed by atoms with van der Waals surface area (Å²) < 4.78 is 4.81. The van der Waals surface area contributed by atoms with Crippen LogP contribution < -0.4 is 10.0 Å². The molecule has 1 aromatic carbocycles. The highest BCUT2D eigenvalue weighted by molar-refractivity contribution is 6.42. The molecule has 0 unspecified atom stereocenters. The summed E-state index contributed by atoms with van der Waals surface area (Å²) in [5, 5.41) is 11.6. The molecular formula is C10H10Cl2NO3-. The third kappa shape index (κ3) is 3.27. The van der Waals surface area contributed by atoms with Gasteiger partial charge in [0.15, 0.2) is 0 Å². The number of benzene rings is 1. The van der Waals surface area contributed by atoms with Gasteiger partial charge in [0.05, 0.1) is 16.7 Å². The molecule has 1 amide bonds. The fraction of sp³-hybridized carbons (Fsp3) is 0.300. The highest BCUT2D eigenvalue weighted by Crippen LogP contribution is 2.26. The molecule has 0 saturated heterocycles. The highest BCUT2D eigenvalue weighted by atomic mass is 35.5. The maximum Gasteiger partial charge on any atom is 0.141 e. The van der Waals surface area contributed by atoms with E-state index in [2.05, 4.69) is 0 Å². The zero-order chi connectivity index (χ0) is 12.1. The summed E-state index contributed by atoms with van der Waals surface area (Å²) in [6, 6.07) is 4.55. The molecular weight excluding hydrogens is 253 g/mol. The molecule has 0 fully saturated rings. The molecule has 0 heterocycles. The number of ether oxygens (including phenoxy) is 1. The van der Waals surface area contributed by atoms with Crippen LogP contribution in [-0.4, -0.2) is 26.4 Å². The van der Waals surface area contributed by atoms with Gasteiger partial charge >= 0.3 is 0 Å². The van der Waals surface area contributed by atoms with Crippen LogP contribution in [0.4, 0.5) is 10.5 Å². The van der Waals surface area contributed by atoms with Crippen molar-refractivity contribution in [3.63, 3.8) is 0 Å². The standard InChI is InChI=1S/C10H11Cl2NO3/c1-16-5-4-13(10(14)15)7-2-3-8(11)9(12)6-7/h2-3,6H,4-5H2,1H3,(H,14,15)/p-1. The smallest absolute Gasteiger partial charge is 0.141 e. The summed E-state index contributed by atoms with van der Waals surface area (Å²) in [7, 11) is 1.49. The Hall–Kier alpha value is -0.970. The molecule has 0 spiro atoms. The molecule has 0 aliphatic rings. The van der Waals surface area contributed by atoms with Gasteiger partial charge in [0.25, 0.3) is 0 Å². The summed E-state index contributed by atoms with van der Waals surface area (Å²) >= 11 is 11.5. The van der Waals surface area contributed by atoms with E-state index in [-0.39, 0.29) is 13.2 Å². The number of carbonyl (C=O) groups excluding carboxylic acids is 1. The number of rotatable bonds is 4. The van der Waals surface area contributed by atoms with E-state index in [0.717, 1.165) is 4.90 Å². The monoisotopic (exact) mass is 262 g/mol. The van der Waals surface area contributed by atoms with Crippen LogP contribution in [0.1, 0.15) is 0 Å². The molecule has 1 rings (SSSR count). The van der Waals surface area contributed by atoms with Crippen LogP contribution in [0.5, 0.6) is 0 Å². The second-order valence-electron chi connectivity index (χ2n) is 3.01. The Morgan fingerprint density at radius 3 is 2.62 bits per heavy atom. The predicted molar refractivity (Wildman–Crippen MR) is 61.1 cm³/mol. The number of nitrogens with zero attached hydrogens (tertiary/aromatic N) is 1. The maximum absolute atomic E-state index is 10.9. The van der Waals surface area contributed by atoms with Crippen LogP contribution in [0, 0.1) is 0 Å². The van der Waals surface area contributed by atoms with Crippen molar-refractivity contribution in [3.8, 4) is 0 Å². The number of amides is 1. The molecule has 6 heteroatoms. The number of carbonyl (C=O) groups is 1. The zero-order valence-electron chi connectivity index (χ0n) is 8.57. The molecule has 0 radical (unpaired) electrons. The van der Waals surface area contributed by atoms with E-state index < -0.39 is 6.09 Å². The Bertz CT molecular complexity index is 384. The second-order valence-corrected chi connectivity index (χ2v) is 3.82. The van der Waals surface area contributed by atoms with Gasteiger partial charge < -0.3 is 19.5 Å². The number of carboxylic acid groups (broad SMARTS) is 1. The fourth-order valence-electron chi connectivity index (χ4n) is 1.16. The average Bonchev–Trinajstić information content (AvgIpc) is 2.23. The number of methoxy groups -OCH3 is 1. The van der Waals surface area contributed by atoms with E-state index in [4.69, 9.17) is 27.9 Å². The molecule has 0 N–H and O–H groups in total. The van der Waals surface area contributed by atoms with Gasteiger partial charge in [-0.3, -0.25) is 0 Å². The van der Waals surface area contributed by atoms with Gasteiger partial charge in [-0.15, -0.1) is 0 Å². The van der Waals surface area contributed by atoms with Crippen molar-refractivity contribution in [2.75, 3.05) is 25.2 Å². The van der Waals surface area contributed by atoms with Crippen LogP contribution in [0.2, 0.25) is 10.0 Å². The van der Waals surface area contributed by atoms with Crippen molar-refractivity contribution < 1.29 is 14.6 Å². The first-order valence-electron chi connectivity index (χ1n) is 4.48. The van der Waals surface area contributed by atoms with Crippen molar-refractivity contribution in [2.24, 2.45) is 0 Å². The van der Waals surface area contributed by atoms with Crippen LogP contribution in [0.3, 0.4) is 0 Å². The lowest BCUT2D eigenvalue weighted by Gasteiger charge is -2.25. The number of hydrogen-bond acceptors (Lipinski definition) is 3. The lowest BCUT2D eigenvalue weighted by atomic mass is 10.3. The van der Waals surface area contributed by atoms with Gasteiger partial charge in [-0.05, 0) is 18.2 Å². The Labute approximate surface area is 103 Å². The van der Waals surface area contributed by atoms with Gasteiger partial charge in [-0.25, -0.2) is 0 Å². The Morgan fingerprint density at radius 1 is 1.44 bits per heavy atom. The van der Waals surface area contributed by atoms with E-state index >= 15 is 0 Å². The minimum atomic E-state index is -1.31. The first-order chi connectivity index (χ1) is 7.56. The van der Waals surface area contributed by atoms with Crippen LogP contribution in [0.25, 0.3) is 0 Å². The minimum absolute atomic E-state index is 0.177. The molecule has 16 heavy (non-hydrogen) atoms. The van der Waals surface area contributed by atoms with E-state index in [1.807, 2.05) is 0 Å². The quantitative estimate of drug-likeness (QED) is 0.832. The van der Waals surface area contributed by atoms with Crippen molar-refractivity contribution in [1.29, 1.82) is 0 Å². The summed E-state index contributed by atoms with van der Waals surface area (Å²) in [5.41, 5.74) is 0.409. The average molecular weight is 263 g/mol. The SMILES string of the molecule is COCCN(C(=O)[O-])c1ccc(Cl)c(Cl)c1. The fourth-order valence-corrected chi connectivity index (χ4v) is 1.45. The van der Waals surface area contributed by atoms with Gasteiger partial charge in [-0.1, -0.05) is 23.2 Å². The lowest BCUT2D eigenvalue weighted by Crippen LogP contribution is -2.43. The molecule has 0 saturated carbocycles. The number of anilines is 1. The van der Waals surface area contributed by atoms with Gasteiger partial charge in [0.2, 0.25) is 0 Å². The summed E-state index contributed by atoms with van der Waals surface area (Å²) in [6.07, 6.45) is -1.31. The molecule has 0 atom stereocenters. The van der Waals surface area contributed by atoms with Crippen molar-refractivity contribution in [3.05, 3.63) is 28.2 Å². The summed E-state index contributed by atoms with van der Waals surface area (Å²) in [5.74, 6) is 0. The highest BCUT2D eigenvalue weighted by Gasteiger charge is 2.09. The molecule has 0 aliphatic heterocycles. The van der Waals surface area contributed by atoms with E-state index in [1.54, 1.807) is 6.07 Å². The van der Waals surface area contributed by atoms with E-state index in [1.165, 1.54) is 19.2 Å². The Morgan fingerprint density at radius 2 is 2.12 bits per heavy atom. The molecule has 0 aliphatic carbocycles. The minimum Gasteiger partial charge on any atom is -0.530 e. The van der Waals surface area contributed by atoms with E-state index in [0.29, 0.717) is 15.7 Å². The molecule has 0 aromatic heterocycles. The first kappa shape index (κ1) is 13.1. The van der Waals surface area contributed by atoms with Gasteiger partial charge in [-0.2, -0.15) is 0 Å². The van der Waals surface area contributed by atoms with Crippen LogP contribution >= 0.6 is 23.2 Å². The predicted octanol–water partition coefficient (Wildman–Crippen LogP) is 1.79. The molecule has 0 bridgehead atoms. The molecule has 1 aromatic rings. The summed E-state index contributed by atoms with van der Waals surface area (Å²) in [6.45, 7) is 0.449. The van der Waals surface area contributed by atoms with Crippen molar-refractivity contribution in [2.45, 2.75) is 0 Å². The summed E-state index contributed by atoms with van der Waals surface area (Å²) in [4.78, 5) is 11.9. The van der Waals surface area contributed by atoms with E-state index in [9.17, 15) is 9.90 Å². The van der Waals surface area contributed by atoms with Gasteiger partial charge in [0, 0.05) is 19.3 Å². The van der Waals surface area contributed by atoms with Crippen molar-refractivity contribution in [1.82, 2.24) is 0 Å². The topological polar surface area (TPSA) is 52.6 Å². The second kappa shape index (κ2) is 5.94. The maximum atomic E-state index is 10.9. The number of hydrogen-bond donors (Lipinski definition) is 0. The Kier molecular flexibility index (Phi) is 4.86. The van der Waals surface area contributed by atoms with Crippen LogP contribution in [-0.2, 0) is 4.74 Å². The van der Waals surface area contributed by atoms with Gasteiger partial charge in [0.1, 0.15) is 6.09 Å². The first-order valence-corrected chi connectivity index (χ1v) is 5.24. The molecule has 88 valence electrons. The third-order valence-electron chi connectivity index (χ3n) is 1.95.